The quantitative estimate of drug-likeness (QED) is 0.201. The van der Waals surface area contributed by atoms with Gasteiger partial charge in [-0.05, 0) is 93.3 Å². The summed E-state index contributed by atoms with van der Waals surface area (Å²) < 4.78 is 54.8. The van der Waals surface area contributed by atoms with Crippen LogP contribution in [0.5, 0.6) is 5.75 Å². The molecule has 2 aromatic heterocycles. The summed E-state index contributed by atoms with van der Waals surface area (Å²) in [6, 6.07) is 6.05. The first-order valence-electron chi connectivity index (χ1n) is 19.2. The standard InChI is InChI=1S/C40H47F3N8O3/c1-4-32(52)51-21-39(22-51)11-15-49(16-12-39)37-29-17-28(25-6-7-25)34(33-24(2)5-8-31-30(33)18-44-47-31)36(53-23-40(41,42)43)35(29)45-38(46-37)50-13-9-26(10-14-50)54-27-19-48(3)20-27/h4-5,8,17-18,25-27H,1,6-7,9-16,19-23H2,2-3H3,(H,44,47). The van der Waals surface area contributed by atoms with E-state index in [1.165, 1.54) is 6.08 Å². The molecule has 54 heavy (non-hydrogen) atoms. The van der Waals surface area contributed by atoms with Gasteiger partial charge in [0.2, 0.25) is 11.9 Å². The number of carbonyl (C=O) groups excluding carboxylic acids is 1. The van der Waals surface area contributed by atoms with E-state index >= 15 is 0 Å². The maximum absolute atomic E-state index is 14.1. The molecule has 0 atom stereocenters. The number of nitrogens with one attached hydrogen (secondary N) is 1. The highest BCUT2D eigenvalue weighted by atomic mass is 19.4. The van der Waals surface area contributed by atoms with Gasteiger partial charge in [-0.25, -0.2) is 4.98 Å². The van der Waals surface area contributed by atoms with Crippen molar-refractivity contribution in [3.8, 4) is 16.9 Å². The van der Waals surface area contributed by atoms with Crippen molar-refractivity contribution < 1.29 is 27.4 Å². The molecule has 1 saturated carbocycles. The number of hydrogen-bond acceptors (Lipinski definition) is 9. The number of hydrogen-bond donors (Lipinski definition) is 1. The molecule has 11 nitrogen and oxygen atoms in total. The van der Waals surface area contributed by atoms with Crippen molar-refractivity contribution >= 4 is 39.5 Å². The number of likely N-dealkylation sites (tertiary alicyclic amines) is 2. The molecule has 2 aromatic carbocycles. The normalized spacial score (nSPS) is 21.2. The number of ether oxygens (including phenoxy) is 2. The van der Waals surface area contributed by atoms with E-state index in [1.54, 1.807) is 6.20 Å². The zero-order valence-corrected chi connectivity index (χ0v) is 30.9. The fraction of sp³-hybridized carbons (Fsp3) is 0.550. The molecular weight excluding hydrogens is 697 g/mol. The summed E-state index contributed by atoms with van der Waals surface area (Å²) in [5.74, 6) is 1.50. The molecule has 286 valence electrons. The number of carbonyl (C=O) groups is 1. The lowest BCUT2D eigenvalue weighted by Gasteiger charge is -2.54. The number of alkyl halides is 3. The van der Waals surface area contributed by atoms with Crippen molar-refractivity contribution in [2.24, 2.45) is 5.41 Å². The van der Waals surface area contributed by atoms with Crippen LogP contribution >= 0.6 is 0 Å². The number of amides is 1. The molecule has 5 aliphatic rings. The van der Waals surface area contributed by atoms with Crippen molar-refractivity contribution in [2.75, 3.05) is 75.8 Å². The molecule has 9 rings (SSSR count). The van der Waals surface area contributed by atoms with E-state index in [0.717, 1.165) is 85.0 Å². The first kappa shape index (κ1) is 35.3. The highest BCUT2D eigenvalue weighted by molar-refractivity contribution is 6.06. The zero-order chi connectivity index (χ0) is 37.4. The first-order valence-corrected chi connectivity index (χ1v) is 19.2. The highest BCUT2D eigenvalue weighted by Gasteiger charge is 2.47. The molecule has 14 heteroatoms. The number of H-pyrrole nitrogens is 1. The maximum atomic E-state index is 14.1. The van der Waals surface area contributed by atoms with Gasteiger partial charge in [-0.2, -0.15) is 23.3 Å². The van der Waals surface area contributed by atoms with Crippen molar-refractivity contribution in [1.29, 1.82) is 0 Å². The van der Waals surface area contributed by atoms with Gasteiger partial charge in [0.05, 0.1) is 23.9 Å². The number of piperidine rings is 2. The lowest BCUT2D eigenvalue weighted by molar-refractivity contribution is -0.153. The Hall–Kier alpha value is -4.43. The Balaban J connectivity index is 1.16. The van der Waals surface area contributed by atoms with Crippen LogP contribution in [0.3, 0.4) is 0 Å². The summed E-state index contributed by atoms with van der Waals surface area (Å²) in [7, 11) is 2.09. The number of fused-ring (bicyclic) bond motifs is 2. The SMILES string of the molecule is C=CC(=O)N1CC2(CCN(c3nc(N4CCC(OC5CN(C)C5)CC4)nc4c(OCC(F)(F)F)c(-c5c(C)ccc6[nH]ncc56)c(C5CC5)cc34)CC2)C1. The van der Waals surface area contributed by atoms with E-state index < -0.39 is 12.8 Å². The number of rotatable bonds is 9. The average molecular weight is 745 g/mol. The van der Waals surface area contributed by atoms with Crippen molar-refractivity contribution in [1.82, 2.24) is 30.0 Å². The number of aromatic nitrogens is 4. The first-order chi connectivity index (χ1) is 26.0. The van der Waals surface area contributed by atoms with Gasteiger partial charge in [0, 0.05) is 74.1 Å². The van der Waals surface area contributed by atoms with Crippen molar-refractivity contribution in [3.63, 3.8) is 0 Å². The summed E-state index contributed by atoms with van der Waals surface area (Å²) >= 11 is 0. The number of anilines is 2. The topological polar surface area (TPSA) is 103 Å². The number of benzene rings is 2. The molecular formula is C40H47F3N8O3. The van der Waals surface area contributed by atoms with Crippen molar-refractivity contribution in [3.05, 3.63) is 48.2 Å². The molecule has 1 spiro atoms. The Bertz CT molecular complexity index is 2090. The molecule has 4 aliphatic heterocycles. The summed E-state index contributed by atoms with van der Waals surface area (Å²) in [6.07, 6.45) is 4.20. The van der Waals surface area contributed by atoms with Crippen LogP contribution in [0.2, 0.25) is 0 Å². The predicted molar refractivity (Wildman–Crippen MR) is 201 cm³/mol. The highest BCUT2D eigenvalue weighted by Crippen LogP contribution is 2.53. The molecule has 1 amide bonds. The Morgan fingerprint density at radius 2 is 1.74 bits per heavy atom. The van der Waals surface area contributed by atoms with Gasteiger partial charge in [-0.3, -0.25) is 9.89 Å². The van der Waals surface area contributed by atoms with E-state index in [2.05, 4.69) is 44.6 Å². The number of aromatic amines is 1. The average Bonchev–Trinajstić information content (AvgIpc) is 3.87. The van der Waals surface area contributed by atoms with Crippen LogP contribution in [-0.4, -0.2) is 120 Å². The number of nitrogens with zero attached hydrogens (tertiary/aromatic N) is 7. The van der Waals surface area contributed by atoms with Crippen molar-refractivity contribution in [2.45, 2.75) is 69.8 Å². The zero-order valence-electron chi connectivity index (χ0n) is 30.9. The van der Waals surface area contributed by atoms with E-state index in [4.69, 9.17) is 19.4 Å². The van der Waals surface area contributed by atoms with E-state index in [-0.39, 0.29) is 35.2 Å². The molecule has 4 aromatic rings. The molecule has 6 heterocycles. The minimum absolute atomic E-state index is 0.0418. The van der Waals surface area contributed by atoms with Crippen LogP contribution in [0.1, 0.15) is 55.6 Å². The molecule has 0 radical (unpaired) electrons. The van der Waals surface area contributed by atoms with E-state index in [9.17, 15) is 18.0 Å². The van der Waals surface area contributed by atoms with Crippen LogP contribution in [0, 0.1) is 12.3 Å². The second-order valence-corrected chi connectivity index (χ2v) is 16.2. The van der Waals surface area contributed by atoms with Gasteiger partial charge < -0.3 is 29.1 Å². The summed E-state index contributed by atoms with van der Waals surface area (Å²) in [6.45, 7) is 10.2. The largest absolute Gasteiger partial charge is 0.481 e. The number of likely N-dealkylation sites (N-methyl/N-ethyl adjacent to an activating group) is 1. The van der Waals surface area contributed by atoms with E-state index in [0.29, 0.717) is 61.7 Å². The summed E-state index contributed by atoms with van der Waals surface area (Å²) in [5.41, 5.74) is 4.58. The third kappa shape index (κ3) is 6.54. The summed E-state index contributed by atoms with van der Waals surface area (Å²) in [5, 5.41) is 8.88. The van der Waals surface area contributed by atoms with Crippen LogP contribution in [0.15, 0.2) is 37.1 Å². The third-order valence-electron chi connectivity index (χ3n) is 12.2. The van der Waals surface area contributed by atoms with Crippen LogP contribution in [-0.2, 0) is 9.53 Å². The predicted octanol–water partition coefficient (Wildman–Crippen LogP) is 6.21. The number of halogens is 3. The van der Waals surface area contributed by atoms with Gasteiger partial charge in [0.25, 0.3) is 0 Å². The van der Waals surface area contributed by atoms with Gasteiger partial charge in [-0.1, -0.05) is 12.6 Å². The van der Waals surface area contributed by atoms with Gasteiger partial charge in [-0.15, -0.1) is 0 Å². The Morgan fingerprint density at radius 1 is 1.00 bits per heavy atom. The van der Waals surface area contributed by atoms with Crippen LogP contribution < -0.4 is 14.5 Å². The van der Waals surface area contributed by atoms with Crippen LogP contribution in [0.4, 0.5) is 24.9 Å². The Morgan fingerprint density at radius 3 is 2.41 bits per heavy atom. The van der Waals surface area contributed by atoms with Gasteiger partial charge in [0.1, 0.15) is 11.3 Å². The Kier molecular flexibility index (Phi) is 8.75. The number of aryl methyl sites for hydroxylation is 1. The fourth-order valence-electron chi connectivity index (χ4n) is 9.09. The molecule has 0 unspecified atom stereocenters. The minimum atomic E-state index is -4.56. The smallest absolute Gasteiger partial charge is 0.422 e. The molecule has 0 bridgehead atoms. The minimum Gasteiger partial charge on any atom is -0.481 e. The van der Waals surface area contributed by atoms with Gasteiger partial charge in [0.15, 0.2) is 12.4 Å². The fourth-order valence-corrected chi connectivity index (χ4v) is 9.09. The Labute approximate surface area is 312 Å². The van der Waals surface area contributed by atoms with E-state index in [1.807, 2.05) is 24.0 Å². The molecule has 1 aliphatic carbocycles. The molecule has 4 saturated heterocycles. The second kappa shape index (κ2) is 13.4. The lowest BCUT2D eigenvalue weighted by atomic mass is 9.72. The molecule has 1 N–H and O–H groups in total. The van der Waals surface area contributed by atoms with Gasteiger partial charge >= 0.3 is 6.18 Å². The third-order valence-corrected chi connectivity index (χ3v) is 12.2. The maximum Gasteiger partial charge on any atom is 0.422 e. The second-order valence-electron chi connectivity index (χ2n) is 16.2. The lowest BCUT2D eigenvalue weighted by Crippen LogP contribution is -2.61. The van der Waals surface area contributed by atoms with Crippen LogP contribution in [0.25, 0.3) is 32.9 Å². The summed E-state index contributed by atoms with van der Waals surface area (Å²) in [4.78, 5) is 31.2. The molecule has 5 fully saturated rings. The monoisotopic (exact) mass is 744 g/mol.